The molecule has 9 N–H and O–H groups in total. The van der Waals surface area contributed by atoms with E-state index in [0.29, 0.717) is 45.2 Å². The van der Waals surface area contributed by atoms with E-state index >= 15 is 0 Å². The molecule has 0 saturated carbocycles. The Morgan fingerprint density at radius 2 is 0.975 bits per heavy atom. The first-order valence-corrected chi connectivity index (χ1v) is 29.9. The Balaban J connectivity index is 3.24. The monoisotopic (exact) mass is 1130 g/mol. The molecule has 10 amide bonds. The predicted molar refractivity (Wildman–Crippen MR) is 313 cm³/mol. The van der Waals surface area contributed by atoms with E-state index in [1.807, 2.05) is 67.5 Å². The Labute approximate surface area is 480 Å². The summed E-state index contributed by atoms with van der Waals surface area (Å²) in [5.41, 5.74) is -4.64. The first-order valence-electron chi connectivity index (χ1n) is 29.9. The number of rotatable bonds is 38. The second-order valence-corrected chi connectivity index (χ2v) is 25.4. The summed E-state index contributed by atoms with van der Waals surface area (Å²) in [5, 5.41) is 25.2. The highest BCUT2D eigenvalue weighted by molar-refractivity contribution is 6.00. The third kappa shape index (κ3) is 27.4. The second-order valence-electron chi connectivity index (χ2n) is 25.4. The number of nitrogens with zero attached hydrogens (tertiary/aromatic N) is 2. The third-order valence-electron chi connectivity index (χ3n) is 14.0. The molecule has 0 aromatic carbocycles. The lowest BCUT2D eigenvalue weighted by molar-refractivity contribution is -0.140. The Morgan fingerprint density at radius 1 is 0.512 bits per heavy atom. The van der Waals surface area contributed by atoms with Crippen molar-refractivity contribution < 1.29 is 47.9 Å². The number of carbonyl (C=O) groups is 10. The van der Waals surface area contributed by atoms with Crippen molar-refractivity contribution in [3.05, 3.63) is 0 Å². The van der Waals surface area contributed by atoms with Crippen LogP contribution in [-0.4, -0.2) is 155 Å². The van der Waals surface area contributed by atoms with Gasteiger partial charge in [0.15, 0.2) is 0 Å². The van der Waals surface area contributed by atoms with Crippen molar-refractivity contribution in [2.75, 3.05) is 33.7 Å². The molecule has 0 radical (unpaired) electrons. The molecule has 1 saturated heterocycles. The zero-order valence-corrected chi connectivity index (χ0v) is 52.3. The van der Waals surface area contributed by atoms with Crippen LogP contribution in [0.15, 0.2) is 0 Å². The fourth-order valence-electron chi connectivity index (χ4n) is 9.52. The Hall–Kier alpha value is -5.34. The van der Waals surface area contributed by atoms with Gasteiger partial charge in [-0.1, -0.05) is 107 Å². The minimum Gasteiger partial charge on any atom is -0.354 e. The topological polar surface area (TPSA) is 285 Å². The van der Waals surface area contributed by atoms with E-state index in [-0.39, 0.29) is 67.8 Å². The molecule has 21 heteroatoms. The molecule has 1 fully saturated rings. The first-order chi connectivity index (χ1) is 37.2. The molecular weight excluding hydrogens is 1020 g/mol. The summed E-state index contributed by atoms with van der Waals surface area (Å²) in [7, 11) is 3.80. The Morgan fingerprint density at radius 3 is 1.49 bits per heavy atom. The van der Waals surface area contributed by atoms with Crippen LogP contribution in [0.5, 0.6) is 0 Å². The van der Waals surface area contributed by atoms with Crippen LogP contribution in [0, 0.1) is 17.8 Å². The van der Waals surface area contributed by atoms with Gasteiger partial charge < -0.3 is 57.7 Å². The number of hydrogen-bond acceptors (Lipinski definition) is 11. The summed E-state index contributed by atoms with van der Waals surface area (Å²) in [4.78, 5) is 141. The lowest BCUT2D eigenvalue weighted by atomic mass is 9.96. The molecule has 1 aliphatic rings. The molecular formula is C59H109N11O10. The lowest BCUT2D eigenvalue weighted by Gasteiger charge is -2.34. The van der Waals surface area contributed by atoms with Gasteiger partial charge in [0.1, 0.15) is 46.8 Å². The molecule has 80 heavy (non-hydrogen) atoms. The zero-order valence-electron chi connectivity index (χ0n) is 52.3. The van der Waals surface area contributed by atoms with Crippen LogP contribution >= 0.6 is 0 Å². The van der Waals surface area contributed by atoms with E-state index in [0.717, 1.165) is 51.4 Å². The highest BCUT2D eigenvalue weighted by Gasteiger charge is 2.41. The maximum absolute atomic E-state index is 14.3. The van der Waals surface area contributed by atoms with Crippen molar-refractivity contribution in [2.45, 2.75) is 266 Å². The van der Waals surface area contributed by atoms with Crippen LogP contribution in [0.2, 0.25) is 0 Å². The van der Waals surface area contributed by atoms with Crippen molar-refractivity contribution in [1.82, 2.24) is 57.7 Å². The first kappa shape index (κ1) is 72.7. The summed E-state index contributed by atoms with van der Waals surface area (Å²) >= 11 is 0. The fraction of sp³-hybridized carbons (Fsp3) is 0.831. The average Bonchev–Trinajstić information content (AvgIpc) is 3.83. The Bertz CT molecular complexity index is 2020. The van der Waals surface area contributed by atoms with Gasteiger partial charge in [-0.3, -0.25) is 47.9 Å². The number of hydrogen-bond donors (Lipinski definition) is 9. The lowest BCUT2D eigenvalue weighted by Crippen LogP contribution is -2.65. The molecule has 0 bridgehead atoms. The molecule has 1 aliphatic heterocycles. The molecule has 21 nitrogen and oxygen atoms in total. The van der Waals surface area contributed by atoms with Crippen LogP contribution in [0.3, 0.4) is 0 Å². The van der Waals surface area contributed by atoms with E-state index in [1.54, 1.807) is 4.90 Å². The van der Waals surface area contributed by atoms with Crippen molar-refractivity contribution in [3.63, 3.8) is 0 Å². The van der Waals surface area contributed by atoms with Crippen LogP contribution < -0.4 is 47.9 Å². The predicted octanol–water partition coefficient (Wildman–Crippen LogP) is 4.64. The molecule has 0 aliphatic carbocycles. The van der Waals surface area contributed by atoms with E-state index in [1.165, 1.54) is 41.5 Å². The molecule has 5 unspecified atom stereocenters. The number of amides is 10. The highest BCUT2D eigenvalue weighted by atomic mass is 16.2. The fourth-order valence-corrected chi connectivity index (χ4v) is 9.52. The van der Waals surface area contributed by atoms with Gasteiger partial charge in [-0.25, -0.2) is 0 Å². The van der Waals surface area contributed by atoms with E-state index in [4.69, 9.17) is 0 Å². The summed E-state index contributed by atoms with van der Waals surface area (Å²) in [6.45, 7) is 27.4. The Kier molecular flexibility index (Phi) is 32.3. The number of unbranched alkanes of at least 4 members (excludes halogenated alkanes) is 7. The number of likely N-dealkylation sites (N-methyl/N-ethyl adjacent to an activating group) is 1. The minimum atomic E-state index is -1.62. The van der Waals surface area contributed by atoms with E-state index in [2.05, 4.69) is 61.7 Å². The van der Waals surface area contributed by atoms with Gasteiger partial charge in [0.2, 0.25) is 59.1 Å². The molecule has 460 valence electrons. The van der Waals surface area contributed by atoms with Gasteiger partial charge in [-0.2, -0.15) is 0 Å². The SMILES string of the molecule is CCCCCCCCC(NC(=O)[C@H]1CCCN1C(=O)CCCCC)C(=O)NC(CC(C)C)C(=O)NC(C)(C)C(=O)NC(CC(C)C)C(=O)NC(CC(C)C)C(=O)NC(C)(C)C(=O)NC(C)(C)C(=O)NCCC(=O)NC(C)CN(C)C. The third-order valence-corrected chi connectivity index (χ3v) is 14.0. The van der Waals surface area contributed by atoms with Gasteiger partial charge in [-0.05, 0) is 125 Å². The van der Waals surface area contributed by atoms with Crippen molar-refractivity contribution in [3.8, 4) is 0 Å². The largest absolute Gasteiger partial charge is 0.354 e. The molecule has 0 aromatic heterocycles. The van der Waals surface area contributed by atoms with Crippen molar-refractivity contribution >= 4 is 59.1 Å². The van der Waals surface area contributed by atoms with Crippen LogP contribution in [0.4, 0.5) is 0 Å². The molecule has 0 spiro atoms. The summed E-state index contributed by atoms with van der Waals surface area (Å²) in [5.74, 6) is -5.45. The maximum Gasteiger partial charge on any atom is 0.246 e. The number of likely N-dealkylation sites (tertiary alicyclic amines) is 1. The average molecular weight is 1130 g/mol. The van der Waals surface area contributed by atoms with Gasteiger partial charge in [0.05, 0.1) is 0 Å². The molecule has 6 atom stereocenters. The van der Waals surface area contributed by atoms with Gasteiger partial charge >= 0.3 is 0 Å². The second kappa shape index (κ2) is 35.5. The number of nitrogens with one attached hydrogen (secondary N) is 9. The molecule has 0 aromatic rings. The normalized spacial score (nSPS) is 15.8. The van der Waals surface area contributed by atoms with E-state index in [9.17, 15) is 47.9 Å². The maximum atomic E-state index is 14.3. The van der Waals surface area contributed by atoms with Crippen LogP contribution in [0.1, 0.15) is 213 Å². The van der Waals surface area contributed by atoms with Gasteiger partial charge in [0.25, 0.3) is 0 Å². The van der Waals surface area contributed by atoms with Crippen molar-refractivity contribution in [2.24, 2.45) is 17.8 Å². The van der Waals surface area contributed by atoms with E-state index < -0.39 is 94.1 Å². The van der Waals surface area contributed by atoms with Crippen LogP contribution in [0.25, 0.3) is 0 Å². The van der Waals surface area contributed by atoms with Crippen molar-refractivity contribution in [1.29, 1.82) is 0 Å². The standard InChI is InChI=1S/C59H109N11O10/c1-18-20-22-23-24-26-28-42(62-53(77)46-29-27-33-70(46)48(72)30-25-21-19-2)49(73)63-44(35-39(5)6)51(75)66-58(12,13)55(79)65-43(34-38(3)4)50(74)64-45(36-40(7)8)52(76)67-59(14,15)56(80)68-57(10,11)54(78)60-32-31-47(71)61-41(9)37-69(16)17/h38-46H,18-37H2,1-17H3,(H,60,78)(H,61,71)(H,62,77)(H,63,73)(H,64,74)(H,65,79)(H,66,75)(H,67,76)(H,68,80)/t41?,42?,43?,44?,45?,46-/m1/s1. The van der Waals surface area contributed by atoms with Gasteiger partial charge in [-0.15, -0.1) is 0 Å². The number of carbonyl (C=O) groups excluding carboxylic acids is 10. The van der Waals surface area contributed by atoms with Crippen LogP contribution in [-0.2, 0) is 47.9 Å². The summed E-state index contributed by atoms with van der Waals surface area (Å²) in [6, 6.07) is -5.17. The molecule has 1 rings (SSSR count). The smallest absolute Gasteiger partial charge is 0.246 e. The highest BCUT2D eigenvalue weighted by Crippen LogP contribution is 2.21. The minimum absolute atomic E-state index is 0.0314. The quantitative estimate of drug-likeness (QED) is 0.0384. The summed E-state index contributed by atoms with van der Waals surface area (Å²) in [6.07, 6.45) is 10.8. The zero-order chi connectivity index (χ0) is 61.1. The van der Waals surface area contributed by atoms with Gasteiger partial charge in [0, 0.05) is 38.5 Å². The summed E-state index contributed by atoms with van der Waals surface area (Å²) < 4.78 is 0. The molecule has 1 heterocycles.